The minimum Gasteiger partial charge on any atom is -0.258 e. The SMILES string of the molecule is C/C=C(\C)N=C(C)c1ccc(CCC)c(F)c1. The van der Waals surface area contributed by atoms with Crippen LogP contribution in [0, 0.1) is 5.82 Å². The lowest BCUT2D eigenvalue weighted by atomic mass is 10.0. The quantitative estimate of drug-likeness (QED) is 0.678. The van der Waals surface area contributed by atoms with Gasteiger partial charge in [0.05, 0.1) is 0 Å². The summed E-state index contributed by atoms with van der Waals surface area (Å²) >= 11 is 0. The van der Waals surface area contributed by atoms with Crippen molar-refractivity contribution in [2.75, 3.05) is 0 Å². The number of rotatable bonds is 4. The van der Waals surface area contributed by atoms with Crippen LogP contribution in [0.15, 0.2) is 35.0 Å². The van der Waals surface area contributed by atoms with Crippen molar-refractivity contribution in [3.63, 3.8) is 0 Å². The van der Waals surface area contributed by atoms with Gasteiger partial charge in [0.2, 0.25) is 0 Å². The molecule has 1 aromatic rings. The van der Waals surface area contributed by atoms with Crippen LogP contribution in [0.4, 0.5) is 4.39 Å². The molecule has 0 bridgehead atoms. The maximum atomic E-state index is 13.7. The Morgan fingerprint density at radius 2 is 2.06 bits per heavy atom. The highest BCUT2D eigenvalue weighted by molar-refractivity contribution is 5.99. The summed E-state index contributed by atoms with van der Waals surface area (Å²) in [5, 5.41) is 0. The van der Waals surface area contributed by atoms with Crippen LogP contribution >= 0.6 is 0 Å². The maximum absolute atomic E-state index is 13.7. The zero-order valence-corrected chi connectivity index (χ0v) is 11.0. The first kappa shape index (κ1) is 13.6. The maximum Gasteiger partial charge on any atom is 0.127 e. The van der Waals surface area contributed by atoms with Gasteiger partial charge < -0.3 is 0 Å². The van der Waals surface area contributed by atoms with Crippen LogP contribution < -0.4 is 0 Å². The molecule has 0 amide bonds. The number of aliphatic imine (C=N–C) groups is 1. The molecule has 0 N–H and O–H groups in total. The summed E-state index contributed by atoms with van der Waals surface area (Å²) in [6.07, 6.45) is 3.68. The van der Waals surface area contributed by atoms with E-state index in [2.05, 4.69) is 11.9 Å². The highest BCUT2D eigenvalue weighted by Gasteiger charge is 2.04. The summed E-state index contributed by atoms with van der Waals surface area (Å²) in [6, 6.07) is 5.38. The lowest BCUT2D eigenvalue weighted by Crippen LogP contribution is -1.98. The van der Waals surface area contributed by atoms with Crippen molar-refractivity contribution in [3.05, 3.63) is 46.9 Å². The van der Waals surface area contributed by atoms with Crippen molar-refractivity contribution < 1.29 is 4.39 Å². The number of hydrogen-bond acceptors (Lipinski definition) is 1. The molecule has 0 aliphatic heterocycles. The van der Waals surface area contributed by atoms with Gasteiger partial charge in [-0.15, -0.1) is 0 Å². The van der Waals surface area contributed by atoms with E-state index >= 15 is 0 Å². The molecule has 0 aromatic heterocycles. The van der Waals surface area contributed by atoms with Gasteiger partial charge in [0.15, 0.2) is 0 Å². The number of hydrogen-bond donors (Lipinski definition) is 0. The van der Waals surface area contributed by atoms with Crippen molar-refractivity contribution in [1.82, 2.24) is 0 Å². The van der Waals surface area contributed by atoms with Crippen LogP contribution in [0.2, 0.25) is 0 Å². The number of benzene rings is 1. The van der Waals surface area contributed by atoms with Gasteiger partial charge in [0, 0.05) is 11.4 Å². The molecule has 0 fully saturated rings. The smallest absolute Gasteiger partial charge is 0.127 e. The predicted octanol–water partition coefficient (Wildman–Crippen LogP) is 4.51. The van der Waals surface area contributed by atoms with E-state index in [1.807, 2.05) is 39.0 Å². The van der Waals surface area contributed by atoms with Gasteiger partial charge in [0.1, 0.15) is 5.82 Å². The van der Waals surface area contributed by atoms with Crippen LogP contribution in [0.5, 0.6) is 0 Å². The standard InChI is InChI=1S/C15H20FN/c1-5-7-13-8-9-14(10-15(13)16)12(4)17-11(3)6-2/h6,8-10H,5,7H2,1-4H3/b11-6+,17-12?. The Morgan fingerprint density at radius 1 is 1.35 bits per heavy atom. The summed E-state index contributed by atoms with van der Waals surface area (Å²) in [5.41, 5.74) is 3.43. The molecule has 0 saturated heterocycles. The normalized spacial score (nSPS) is 13.0. The lowest BCUT2D eigenvalue weighted by molar-refractivity contribution is 0.607. The van der Waals surface area contributed by atoms with Crippen LogP contribution in [0.3, 0.4) is 0 Å². The Labute approximate surface area is 103 Å². The monoisotopic (exact) mass is 233 g/mol. The molecule has 0 radical (unpaired) electrons. The highest BCUT2D eigenvalue weighted by Crippen LogP contribution is 2.14. The van der Waals surface area contributed by atoms with Gasteiger partial charge in [-0.3, -0.25) is 4.99 Å². The second-order valence-corrected chi connectivity index (χ2v) is 4.18. The van der Waals surface area contributed by atoms with Crippen molar-refractivity contribution >= 4 is 5.71 Å². The molecule has 92 valence electrons. The first-order valence-corrected chi connectivity index (χ1v) is 6.05. The summed E-state index contributed by atoms with van der Waals surface area (Å²) in [7, 11) is 0. The summed E-state index contributed by atoms with van der Waals surface area (Å²) in [6.45, 7) is 7.83. The van der Waals surface area contributed by atoms with Crippen molar-refractivity contribution in [2.45, 2.75) is 40.5 Å². The van der Waals surface area contributed by atoms with E-state index in [1.54, 1.807) is 6.07 Å². The van der Waals surface area contributed by atoms with Gasteiger partial charge in [-0.05, 0) is 44.4 Å². The average molecular weight is 233 g/mol. The van der Waals surface area contributed by atoms with Crippen LogP contribution in [0.1, 0.15) is 45.2 Å². The van der Waals surface area contributed by atoms with Crippen LogP contribution in [0.25, 0.3) is 0 Å². The molecule has 1 rings (SSSR count). The third kappa shape index (κ3) is 3.81. The Kier molecular flexibility index (Phi) is 5.08. The molecule has 2 heteroatoms. The van der Waals surface area contributed by atoms with Crippen LogP contribution in [-0.2, 0) is 6.42 Å². The summed E-state index contributed by atoms with van der Waals surface area (Å²) in [4.78, 5) is 4.39. The Balaban J connectivity index is 3.01. The van der Waals surface area contributed by atoms with Gasteiger partial charge in [-0.1, -0.05) is 31.6 Å². The Morgan fingerprint density at radius 3 is 2.59 bits per heavy atom. The molecule has 1 nitrogen and oxygen atoms in total. The first-order chi connectivity index (χ1) is 8.08. The molecule has 0 unspecified atom stereocenters. The van der Waals surface area contributed by atoms with E-state index in [0.717, 1.165) is 35.4 Å². The molecule has 0 saturated carbocycles. The fourth-order valence-electron chi connectivity index (χ4n) is 1.64. The van der Waals surface area contributed by atoms with Crippen LogP contribution in [-0.4, -0.2) is 5.71 Å². The first-order valence-electron chi connectivity index (χ1n) is 6.05. The van der Waals surface area contributed by atoms with Gasteiger partial charge in [-0.25, -0.2) is 4.39 Å². The fraction of sp³-hybridized carbons (Fsp3) is 0.400. The van der Waals surface area contributed by atoms with Crippen molar-refractivity contribution in [3.8, 4) is 0 Å². The number of allylic oxidation sites excluding steroid dienone is 2. The Hall–Kier alpha value is -1.44. The molecular formula is C15H20FN. The lowest BCUT2D eigenvalue weighted by Gasteiger charge is -2.05. The second kappa shape index (κ2) is 6.33. The topological polar surface area (TPSA) is 12.4 Å². The number of nitrogens with zero attached hydrogens (tertiary/aromatic N) is 1. The van der Waals surface area contributed by atoms with Gasteiger partial charge in [0.25, 0.3) is 0 Å². The molecule has 0 aliphatic rings. The molecule has 17 heavy (non-hydrogen) atoms. The zero-order chi connectivity index (χ0) is 12.8. The van der Waals surface area contributed by atoms with E-state index in [9.17, 15) is 4.39 Å². The molecule has 0 spiro atoms. The van der Waals surface area contributed by atoms with E-state index in [1.165, 1.54) is 0 Å². The Bertz CT molecular complexity index is 444. The number of halogens is 1. The third-order valence-electron chi connectivity index (χ3n) is 2.75. The average Bonchev–Trinajstić information content (AvgIpc) is 2.31. The molecule has 0 aliphatic carbocycles. The van der Waals surface area contributed by atoms with Gasteiger partial charge in [-0.2, -0.15) is 0 Å². The van der Waals surface area contributed by atoms with E-state index < -0.39 is 0 Å². The minimum absolute atomic E-state index is 0.128. The van der Waals surface area contributed by atoms with E-state index in [0.29, 0.717) is 0 Å². The zero-order valence-electron chi connectivity index (χ0n) is 11.0. The minimum atomic E-state index is -0.128. The van der Waals surface area contributed by atoms with Gasteiger partial charge >= 0.3 is 0 Å². The van der Waals surface area contributed by atoms with E-state index in [-0.39, 0.29) is 5.82 Å². The molecule has 0 atom stereocenters. The largest absolute Gasteiger partial charge is 0.258 e. The molecular weight excluding hydrogens is 213 g/mol. The highest BCUT2D eigenvalue weighted by atomic mass is 19.1. The summed E-state index contributed by atoms with van der Waals surface area (Å²) in [5.74, 6) is -0.128. The predicted molar refractivity (Wildman–Crippen MR) is 72.0 cm³/mol. The van der Waals surface area contributed by atoms with E-state index in [4.69, 9.17) is 0 Å². The van der Waals surface area contributed by atoms with Crippen molar-refractivity contribution in [1.29, 1.82) is 0 Å². The molecule has 0 heterocycles. The second-order valence-electron chi connectivity index (χ2n) is 4.18. The third-order valence-corrected chi connectivity index (χ3v) is 2.75. The fourth-order valence-corrected chi connectivity index (χ4v) is 1.64. The summed E-state index contributed by atoms with van der Waals surface area (Å²) < 4.78 is 13.7. The molecule has 1 aromatic carbocycles. The van der Waals surface area contributed by atoms with Crippen molar-refractivity contribution in [2.24, 2.45) is 4.99 Å². The number of aryl methyl sites for hydroxylation is 1.